The summed E-state index contributed by atoms with van der Waals surface area (Å²) in [5.74, 6) is -0.880. The van der Waals surface area contributed by atoms with Crippen LogP contribution in [-0.2, 0) is 19.1 Å². The van der Waals surface area contributed by atoms with Crippen molar-refractivity contribution in [3.05, 3.63) is 52.1 Å². The second-order valence-electron chi connectivity index (χ2n) is 6.42. The number of esters is 2. The van der Waals surface area contributed by atoms with Gasteiger partial charge < -0.3 is 13.9 Å². The average molecular weight is 429 g/mol. The normalized spacial score (nSPS) is 16.1. The summed E-state index contributed by atoms with van der Waals surface area (Å²) in [5, 5.41) is -0.558. The van der Waals surface area contributed by atoms with E-state index in [4.69, 9.17) is 9.15 Å². The molecule has 1 aromatic carbocycles. The molecule has 2 aromatic rings. The van der Waals surface area contributed by atoms with Gasteiger partial charge in [0.15, 0.2) is 0 Å². The lowest BCUT2D eigenvalue weighted by Crippen LogP contribution is -2.42. The van der Waals surface area contributed by atoms with Crippen molar-refractivity contribution in [2.75, 3.05) is 14.2 Å². The molecule has 30 heavy (non-hydrogen) atoms. The van der Waals surface area contributed by atoms with Gasteiger partial charge in [-0.25, -0.2) is 9.59 Å². The number of hydrogen-bond donors (Lipinski definition) is 0. The first-order valence-corrected chi connectivity index (χ1v) is 9.73. The van der Waals surface area contributed by atoms with Crippen molar-refractivity contribution >= 4 is 40.9 Å². The smallest absolute Gasteiger partial charge is 0.338 e. The van der Waals surface area contributed by atoms with E-state index in [-0.39, 0.29) is 4.91 Å². The van der Waals surface area contributed by atoms with Crippen molar-refractivity contribution in [1.82, 2.24) is 4.90 Å². The molecule has 156 valence electrons. The van der Waals surface area contributed by atoms with E-state index in [1.54, 1.807) is 37.3 Å². The van der Waals surface area contributed by atoms with Gasteiger partial charge in [0.2, 0.25) is 0 Å². The number of imide groups is 1. The molecule has 0 bridgehead atoms. The predicted molar refractivity (Wildman–Crippen MR) is 110 cm³/mol. The van der Waals surface area contributed by atoms with Crippen LogP contribution in [0, 0.1) is 6.92 Å². The van der Waals surface area contributed by atoms with Gasteiger partial charge in [0.25, 0.3) is 11.1 Å². The monoisotopic (exact) mass is 429 g/mol. The molecule has 1 atom stereocenters. The van der Waals surface area contributed by atoms with Gasteiger partial charge in [-0.1, -0.05) is 12.1 Å². The van der Waals surface area contributed by atoms with Crippen LogP contribution in [0.3, 0.4) is 0 Å². The standard InChI is InChI=1S/C21H19NO7S/c1-11-14(6-5-7-15(11)20(25)28-4)16-9-8-13(29-16)10-17-18(23)22(21(26)30-17)12(2)19(24)27-3/h5-10,12H,1-4H3/b17-10+/t12-/m0/s1. The zero-order valence-corrected chi connectivity index (χ0v) is 17.6. The topological polar surface area (TPSA) is 103 Å². The molecule has 0 N–H and O–H groups in total. The van der Waals surface area contributed by atoms with E-state index in [0.717, 1.165) is 16.7 Å². The summed E-state index contributed by atoms with van der Waals surface area (Å²) in [7, 11) is 2.50. The minimum absolute atomic E-state index is 0.136. The summed E-state index contributed by atoms with van der Waals surface area (Å²) in [6, 6.07) is 7.51. The van der Waals surface area contributed by atoms with Gasteiger partial charge in [0.1, 0.15) is 17.6 Å². The van der Waals surface area contributed by atoms with E-state index in [2.05, 4.69) is 4.74 Å². The maximum atomic E-state index is 12.6. The zero-order chi connectivity index (χ0) is 22.0. The Kier molecular flexibility index (Phi) is 6.12. The fraction of sp³-hybridized carbons (Fsp3) is 0.238. The Bertz CT molecular complexity index is 1070. The van der Waals surface area contributed by atoms with E-state index in [9.17, 15) is 19.2 Å². The number of furan rings is 1. The number of thioether (sulfide) groups is 1. The maximum absolute atomic E-state index is 12.6. The molecule has 1 aliphatic heterocycles. The minimum atomic E-state index is -1.02. The van der Waals surface area contributed by atoms with Crippen molar-refractivity contribution in [3.8, 4) is 11.3 Å². The van der Waals surface area contributed by atoms with Gasteiger partial charge in [-0.05, 0) is 49.4 Å². The summed E-state index contributed by atoms with van der Waals surface area (Å²) < 4.78 is 15.2. The van der Waals surface area contributed by atoms with Gasteiger partial charge >= 0.3 is 11.9 Å². The quantitative estimate of drug-likeness (QED) is 0.524. The fourth-order valence-corrected chi connectivity index (χ4v) is 3.92. The summed E-state index contributed by atoms with van der Waals surface area (Å²) in [6.45, 7) is 3.20. The molecule has 1 aromatic heterocycles. The van der Waals surface area contributed by atoms with Crippen LogP contribution in [0.5, 0.6) is 0 Å². The van der Waals surface area contributed by atoms with Crippen LogP contribution in [0.25, 0.3) is 17.4 Å². The first kappa shape index (κ1) is 21.4. The molecular weight excluding hydrogens is 410 g/mol. The Balaban J connectivity index is 1.88. The molecule has 0 saturated carbocycles. The van der Waals surface area contributed by atoms with Crippen LogP contribution >= 0.6 is 11.8 Å². The van der Waals surface area contributed by atoms with Gasteiger partial charge in [-0.2, -0.15) is 0 Å². The third-order valence-corrected chi connectivity index (χ3v) is 5.54. The van der Waals surface area contributed by atoms with Crippen LogP contribution in [0.2, 0.25) is 0 Å². The highest BCUT2D eigenvalue weighted by molar-refractivity contribution is 8.18. The molecule has 1 aliphatic rings. The Labute approximate surface area is 176 Å². The van der Waals surface area contributed by atoms with E-state index in [1.165, 1.54) is 27.2 Å². The highest BCUT2D eigenvalue weighted by Crippen LogP contribution is 2.35. The number of carbonyl (C=O) groups excluding carboxylic acids is 4. The van der Waals surface area contributed by atoms with Crippen LogP contribution < -0.4 is 0 Å². The molecule has 0 spiro atoms. The fourth-order valence-electron chi connectivity index (χ4n) is 3.03. The van der Waals surface area contributed by atoms with Crippen molar-refractivity contribution in [1.29, 1.82) is 0 Å². The third-order valence-electron chi connectivity index (χ3n) is 4.66. The lowest BCUT2D eigenvalue weighted by molar-refractivity contribution is -0.148. The molecule has 0 aliphatic carbocycles. The molecule has 3 rings (SSSR count). The highest BCUT2D eigenvalue weighted by atomic mass is 32.2. The van der Waals surface area contributed by atoms with E-state index in [1.807, 2.05) is 0 Å². The molecule has 8 nitrogen and oxygen atoms in total. The molecule has 9 heteroatoms. The average Bonchev–Trinajstić information content (AvgIpc) is 3.30. The van der Waals surface area contributed by atoms with Crippen LogP contribution in [0.1, 0.15) is 28.6 Å². The van der Waals surface area contributed by atoms with Crippen LogP contribution in [0.15, 0.2) is 39.7 Å². The highest BCUT2D eigenvalue weighted by Gasteiger charge is 2.41. The number of amides is 2. The maximum Gasteiger partial charge on any atom is 0.338 e. The number of carbonyl (C=O) groups is 4. The molecule has 1 saturated heterocycles. The Morgan fingerprint density at radius 1 is 1.13 bits per heavy atom. The second-order valence-corrected chi connectivity index (χ2v) is 7.42. The number of ether oxygens (including phenoxy) is 2. The summed E-state index contributed by atoms with van der Waals surface area (Å²) in [4.78, 5) is 49.4. The zero-order valence-electron chi connectivity index (χ0n) is 16.8. The van der Waals surface area contributed by atoms with Gasteiger partial charge in [0, 0.05) is 11.6 Å². The van der Waals surface area contributed by atoms with Crippen molar-refractivity contribution in [3.63, 3.8) is 0 Å². The van der Waals surface area contributed by atoms with Gasteiger partial charge in [-0.15, -0.1) is 0 Å². The Morgan fingerprint density at radius 3 is 2.53 bits per heavy atom. The van der Waals surface area contributed by atoms with Crippen molar-refractivity contribution < 1.29 is 33.1 Å². The molecule has 2 heterocycles. The summed E-state index contributed by atoms with van der Waals surface area (Å²) in [5.41, 5.74) is 1.81. The van der Waals surface area contributed by atoms with Gasteiger partial charge in [-0.3, -0.25) is 14.5 Å². The number of hydrogen-bond acceptors (Lipinski definition) is 8. The summed E-state index contributed by atoms with van der Waals surface area (Å²) in [6.07, 6.45) is 1.44. The number of nitrogens with zero attached hydrogens (tertiary/aromatic N) is 1. The van der Waals surface area contributed by atoms with Crippen molar-refractivity contribution in [2.24, 2.45) is 0 Å². The lowest BCUT2D eigenvalue weighted by Gasteiger charge is -2.18. The minimum Gasteiger partial charge on any atom is -0.467 e. The number of benzene rings is 1. The second kappa shape index (κ2) is 8.58. The van der Waals surface area contributed by atoms with E-state index >= 15 is 0 Å². The van der Waals surface area contributed by atoms with Crippen LogP contribution in [0.4, 0.5) is 4.79 Å². The Morgan fingerprint density at radius 2 is 1.87 bits per heavy atom. The van der Waals surface area contributed by atoms with Crippen molar-refractivity contribution in [2.45, 2.75) is 19.9 Å². The first-order valence-electron chi connectivity index (χ1n) is 8.91. The summed E-state index contributed by atoms with van der Waals surface area (Å²) >= 11 is 0.720. The largest absolute Gasteiger partial charge is 0.467 e. The number of methoxy groups -OCH3 is 2. The lowest BCUT2D eigenvalue weighted by atomic mass is 10.0. The third kappa shape index (κ3) is 3.88. The predicted octanol–water partition coefficient (Wildman–Crippen LogP) is 3.64. The Hall–Kier alpha value is -3.33. The van der Waals surface area contributed by atoms with E-state index < -0.39 is 29.1 Å². The molecular formula is C21H19NO7S. The molecule has 1 fully saturated rings. The first-order chi connectivity index (χ1) is 14.3. The molecule has 0 unspecified atom stereocenters. The van der Waals surface area contributed by atoms with Gasteiger partial charge in [0.05, 0.1) is 24.7 Å². The molecule has 0 radical (unpaired) electrons. The number of rotatable bonds is 5. The van der Waals surface area contributed by atoms with Crippen LogP contribution in [-0.4, -0.2) is 48.2 Å². The molecule has 2 amide bonds. The van der Waals surface area contributed by atoms with E-state index in [0.29, 0.717) is 28.2 Å². The SMILES string of the molecule is COC(=O)c1cccc(-c2ccc(/C=C3/SC(=O)N([C@@H](C)C(=O)OC)C3=O)o2)c1C.